The lowest BCUT2D eigenvalue weighted by Crippen LogP contribution is -2.27. The first-order valence-corrected chi connectivity index (χ1v) is 11.3. The number of methoxy groups -OCH3 is 1. The molecule has 0 unspecified atom stereocenters. The lowest BCUT2D eigenvalue weighted by atomic mass is 10.2. The van der Waals surface area contributed by atoms with Gasteiger partial charge in [-0.15, -0.1) is 10.2 Å². The number of amides is 1. The molecule has 1 aromatic carbocycles. The number of hydrogen-bond donors (Lipinski definition) is 1. The van der Waals surface area contributed by atoms with E-state index in [-0.39, 0.29) is 10.6 Å². The summed E-state index contributed by atoms with van der Waals surface area (Å²) in [7, 11) is -1.86. The van der Waals surface area contributed by atoms with E-state index in [0.717, 1.165) is 18.4 Å². The highest BCUT2D eigenvalue weighted by Gasteiger charge is 2.27. The molecule has 0 spiro atoms. The molecule has 0 aliphatic carbocycles. The number of carbonyl (C=O) groups is 1. The van der Waals surface area contributed by atoms with Crippen molar-refractivity contribution in [3.63, 3.8) is 0 Å². The quantitative estimate of drug-likeness (QED) is 0.594. The van der Waals surface area contributed by atoms with Crippen molar-refractivity contribution in [3.05, 3.63) is 24.3 Å². The molecule has 3 rings (SSSR count). The number of aromatic nitrogens is 3. The number of primary amides is 1. The summed E-state index contributed by atoms with van der Waals surface area (Å²) in [6.45, 7) is 2.07. The van der Waals surface area contributed by atoms with E-state index in [2.05, 4.69) is 10.2 Å². The second kappa shape index (κ2) is 9.03. The molecule has 0 radical (unpaired) electrons. The van der Waals surface area contributed by atoms with Crippen LogP contribution in [-0.2, 0) is 26.1 Å². The molecule has 2 aromatic rings. The van der Waals surface area contributed by atoms with Crippen molar-refractivity contribution in [2.45, 2.75) is 29.4 Å². The second-order valence-corrected chi connectivity index (χ2v) is 9.22. The van der Waals surface area contributed by atoms with Gasteiger partial charge >= 0.3 is 0 Å². The number of thioether (sulfide) groups is 1. The molecule has 1 aliphatic rings. The number of benzene rings is 1. The van der Waals surface area contributed by atoms with E-state index in [1.165, 1.54) is 16.1 Å². The third kappa shape index (κ3) is 4.54. The highest BCUT2D eigenvalue weighted by molar-refractivity contribution is 7.99. The predicted octanol–water partition coefficient (Wildman–Crippen LogP) is 0.953. The summed E-state index contributed by atoms with van der Waals surface area (Å²) in [4.78, 5) is 11.3. The summed E-state index contributed by atoms with van der Waals surface area (Å²) in [6.07, 6.45) is 1.79. The van der Waals surface area contributed by atoms with Gasteiger partial charge in [-0.1, -0.05) is 11.8 Å². The third-order valence-corrected chi connectivity index (χ3v) is 7.30. The van der Waals surface area contributed by atoms with E-state index >= 15 is 0 Å². The van der Waals surface area contributed by atoms with E-state index in [4.69, 9.17) is 10.5 Å². The van der Waals surface area contributed by atoms with Gasteiger partial charge in [0.15, 0.2) is 11.0 Å². The van der Waals surface area contributed by atoms with Crippen LogP contribution in [0.25, 0.3) is 11.4 Å². The van der Waals surface area contributed by atoms with Crippen LogP contribution in [0, 0.1) is 0 Å². The average molecular weight is 426 g/mol. The number of nitrogens with zero attached hydrogens (tertiary/aromatic N) is 4. The van der Waals surface area contributed by atoms with Gasteiger partial charge < -0.3 is 10.5 Å². The van der Waals surface area contributed by atoms with E-state index in [1.807, 2.05) is 4.57 Å². The lowest BCUT2D eigenvalue weighted by molar-refractivity contribution is -0.115. The number of hydrogen-bond acceptors (Lipinski definition) is 7. The summed E-state index contributed by atoms with van der Waals surface area (Å²) >= 11 is 1.20. The Hall–Kier alpha value is -1.95. The standard InChI is InChI=1S/C17H23N5O4S2/c1-26-11-10-22-16(19-20-17(22)27-12-15(18)23)13-4-6-14(7-5-13)28(24,25)21-8-2-3-9-21/h4-7H,2-3,8-12H2,1H3,(H2,18,23). The SMILES string of the molecule is COCCn1c(SCC(N)=O)nnc1-c1ccc(S(=O)(=O)N2CCCC2)cc1. The molecule has 0 saturated carbocycles. The fraction of sp³-hybridized carbons (Fsp3) is 0.471. The Balaban J connectivity index is 1.87. The number of carbonyl (C=O) groups excluding carboxylic acids is 1. The van der Waals surface area contributed by atoms with Crippen molar-refractivity contribution < 1.29 is 17.9 Å². The zero-order valence-electron chi connectivity index (χ0n) is 15.6. The Kier molecular flexibility index (Phi) is 6.70. The normalized spacial score (nSPS) is 15.2. The molecule has 9 nitrogen and oxygen atoms in total. The Morgan fingerprint density at radius 1 is 1.21 bits per heavy atom. The Labute approximate surface area is 168 Å². The highest BCUT2D eigenvalue weighted by Crippen LogP contribution is 2.26. The maximum atomic E-state index is 12.7. The summed E-state index contributed by atoms with van der Waals surface area (Å²) in [5.41, 5.74) is 5.95. The smallest absolute Gasteiger partial charge is 0.243 e. The van der Waals surface area contributed by atoms with Crippen molar-refractivity contribution in [3.8, 4) is 11.4 Å². The molecule has 1 saturated heterocycles. The van der Waals surface area contributed by atoms with Crippen LogP contribution in [0.3, 0.4) is 0 Å². The topological polar surface area (TPSA) is 120 Å². The van der Waals surface area contributed by atoms with Crippen molar-refractivity contribution in [1.82, 2.24) is 19.1 Å². The van der Waals surface area contributed by atoms with Crippen LogP contribution in [-0.4, -0.2) is 66.0 Å². The van der Waals surface area contributed by atoms with Gasteiger partial charge in [0.2, 0.25) is 15.9 Å². The van der Waals surface area contributed by atoms with Gasteiger partial charge in [-0.05, 0) is 37.1 Å². The molecular weight excluding hydrogens is 402 g/mol. The minimum Gasteiger partial charge on any atom is -0.383 e. The minimum atomic E-state index is -3.46. The number of sulfonamides is 1. The molecule has 2 heterocycles. The maximum Gasteiger partial charge on any atom is 0.243 e. The molecular formula is C17H23N5O4S2. The van der Waals surface area contributed by atoms with Crippen LogP contribution >= 0.6 is 11.8 Å². The van der Waals surface area contributed by atoms with Crippen molar-refractivity contribution in [2.75, 3.05) is 32.6 Å². The first-order chi connectivity index (χ1) is 13.4. The van der Waals surface area contributed by atoms with Crippen LogP contribution in [0.2, 0.25) is 0 Å². The number of ether oxygens (including phenoxy) is 1. The van der Waals surface area contributed by atoms with Gasteiger partial charge in [-0.25, -0.2) is 8.42 Å². The van der Waals surface area contributed by atoms with E-state index < -0.39 is 15.9 Å². The van der Waals surface area contributed by atoms with Gasteiger partial charge in [0.1, 0.15) is 0 Å². The zero-order chi connectivity index (χ0) is 20.1. The first kappa shape index (κ1) is 20.8. The fourth-order valence-electron chi connectivity index (χ4n) is 2.98. The van der Waals surface area contributed by atoms with Crippen LogP contribution < -0.4 is 5.73 Å². The monoisotopic (exact) mass is 425 g/mol. The van der Waals surface area contributed by atoms with E-state index in [9.17, 15) is 13.2 Å². The summed E-state index contributed by atoms with van der Waals surface area (Å²) in [5, 5.41) is 8.90. The van der Waals surface area contributed by atoms with E-state index in [1.54, 1.807) is 31.4 Å². The molecule has 2 N–H and O–H groups in total. The zero-order valence-corrected chi connectivity index (χ0v) is 17.2. The molecule has 0 atom stereocenters. The van der Waals surface area contributed by atoms with Crippen molar-refractivity contribution >= 4 is 27.7 Å². The molecule has 1 aliphatic heterocycles. The van der Waals surface area contributed by atoms with Crippen LogP contribution in [0.5, 0.6) is 0 Å². The summed E-state index contributed by atoms with van der Waals surface area (Å²) < 4.78 is 33.8. The Morgan fingerprint density at radius 2 is 1.89 bits per heavy atom. The fourth-order valence-corrected chi connectivity index (χ4v) is 5.20. The second-order valence-electron chi connectivity index (χ2n) is 6.34. The molecule has 0 bridgehead atoms. The summed E-state index contributed by atoms with van der Waals surface area (Å²) in [6, 6.07) is 6.63. The molecule has 152 valence electrons. The Bertz CT molecular complexity index is 922. The van der Waals surface area contributed by atoms with Gasteiger partial charge in [0.25, 0.3) is 0 Å². The predicted molar refractivity (Wildman–Crippen MR) is 105 cm³/mol. The van der Waals surface area contributed by atoms with Gasteiger partial charge in [-0.3, -0.25) is 9.36 Å². The average Bonchev–Trinajstić information content (AvgIpc) is 3.35. The number of nitrogens with two attached hydrogens (primary N) is 1. The van der Waals surface area contributed by atoms with Crippen LogP contribution in [0.4, 0.5) is 0 Å². The lowest BCUT2D eigenvalue weighted by Gasteiger charge is -2.15. The summed E-state index contributed by atoms with van der Waals surface area (Å²) in [5.74, 6) is 0.233. The van der Waals surface area contributed by atoms with E-state index in [0.29, 0.717) is 37.2 Å². The van der Waals surface area contributed by atoms with Gasteiger partial charge in [0, 0.05) is 25.8 Å². The number of rotatable bonds is 9. The third-order valence-electron chi connectivity index (χ3n) is 4.39. The van der Waals surface area contributed by atoms with Crippen LogP contribution in [0.1, 0.15) is 12.8 Å². The maximum absolute atomic E-state index is 12.7. The first-order valence-electron chi connectivity index (χ1n) is 8.87. The Morgan fingerprint density at radius 3 is 2.50 bits per heavy atom. The van der Waals surface area contributed by atoms with Gasteiger partial charge in [-0.2, -0.15) is 4.31 Å². The highest BCUT2D eigenvalue weighted by atomic mass is 32.2. The molecule has 1 aromatic heterocycles. The molecule has 28 heavy (non-hydrogen) atoms. The van der Waals surface area contributed by atoms with Crippen molar-refractivity contribution in [2.24, 2.45) is 5.73 Å². The van der Waals surface area contributed by atoms with Crippen LogP contribution in [0.15, 0.2) is 34.3 Å². The molecule has 1 amide bonds. The minimum absolute atomic E-state index is 0.0954. The largest absolute Gasteiger partial charge is 0.383 e. The molecule has 1 fully saturated rings. The van der Waals surface area contributed by atoms with Gasteiger partial charge in [0.05, 0.1) is 23.8 Å². The van der Waals surface area contributed by atoms with Crippen molar-refractivity contribution in [1.29, 1.82) is 0 Å². The molecule has 11 heteroatoms.